The van der Waals surface area contributed by atoms with Gasteiger partial charge >= 0.3 is 11.9 Å². The first-order chi connectivity index (χ1) is 7.31. The van der Waals surface area contributed by atoms with Gasteiger partial charge in [0.1, 0.15) is 6.54 Å². The van der Waals surface area contributed by atoms with Crippen molar-refractivity contribution in [3.63, 3.8) is 0 Å². The van der Waals surface area contributed by atoms with Crippen LogP contribution in [-0.2, 0) is 29.1 Å². The molecule has 7 nitrogen and oxygen atoms in total. The number of methoxy groups -OCH3 is 2. The van der Waals surface area contributed by atoms with Gasteiger partial charge in [0.05, 0.1) is 26.9 Å². The highest BCUT2D eigenvalue weighted by Gasteiger charge is 2.21. The van der Waals surface area contributed by atoms with Gasteiger partial charge in [0.25, 0.3) is 0 Å². The van der Waals surface area contributed by atoms with Crippen molar-refractivity contribution in [2.45, 2.75) is 6.42 Å². The van der Waals surface area contributed by atoms with Crippen molar-refractivity contribution in [1.29, 1.82) is 0 Å². The molecule has 94 valence electrons. The predicted molar refractivity (Wildman–Crippen MR) is 55.1 cm³/mol. The Labute approximate surface area is 94.4 Å². The van der Waals surface area contributed by atoms with Gasteiger partial charge in [-0.3, -0.25) is 9.59 Å². The van der Waals surface area contributed by atoms with Crippen LogP contribution < -0.4 is 0 Å². The molecule has 0 unspecified atom stereocenters. The van der Waals surface area contributed by atoms with Crippen LogP contribution >= 0.6 is 0 Å². The molecule has 0 aliphatic carbocycles. The Morgan fingerprint density at radius 1 is 1.12 bits per heavy atom. The lowest BCUT2D eigenvalue weighted by Crippen LogP contribution is -2.37. The van der Waals surface area contributed by atoms with Crippen LogP contribution in [0, 0.1) is 0 Å². The third kappa shape index (κ3) is 5.66. The number of hydrogen-bond donors (Lipinski definition) is 0. The molecule has 0 spiro atoms. The first kappa shape index (κ1) is 14.8. The van der Waals surface area contributed by atoms with Crippen molar-refractivity contribution in [2.75, 3.05) is 33.6 Å². The standard InChI is InChI=1S/C8H15NO6S/c1-14-7(10)4-5-9(16(3,12)13)6-8(11)15-2/h4-6H2,1-3H3. The summed E-state index contributed by atoms with van der Waals surface area (Å²) in [6.07, 6.45) is 0.841. The van der Waals surface area contributed by atoms with E-state index in [0.717, 1.165) is 17.7 Å². The van der Waals surface area contributed by atoms with E-state index in [1.165, 1.54) is 7.11 Å². The van der Waals surface area contributed by atoms with E-state index < -0.39 is 28.5 Å². The van der Waals surface area contributed by atoms with Crippen molar-refractivity contribution in [3.8, 4) is 0 Å². The normalized spacial score (nSPS) is 11.2. The molecule has 0 saturated carbocycles. The van der Waals surface area contributed by atoms with Crippen LogP contribution in [0.1, 0.15) is 6.42 Å². The zero-order valence-electron chi connectivity index (χ0n) is 9.43. The fourth-order valence-electron chi connectivity index (χ4n) is 0.889. The van der Waals surface area contributed by atoms with Gasteiger partial charge in [-0.2, -0.15) is 4.31 Å². The fourth-order valence-corrected chi connectivity index (χ4v) is 1.65. The predicted octanol–water partition coefficient (Wildman–Crippen LogP) is -1.02. The van der Waals surface area contributed by atoms with Crippen LogP contribution in [0.15, 0.2) is 0 Å². The Morgan fingerprint density at radius 2 is 1.62 bits per heavy atom. The van der Waals surface area contributed by atoms with Crippen LogP contribution in [0.4, 0.5) is 0 Å². The minimum atomic E-state index is -3.55. The van der Waals surface area contributed by atoms with E-state index in [9.17, 15) is 18.0 Å². The van der Waals surface area contributed by atoms with Gasteiger partial charge in [-0.05, 0) is 0 Å². The Kier molecular flexibility index (Phi) is 5.97. The number of carbonyl (C=O) groups is 2. The molecule has 0 aliphatic rings. The van der Waals surface area contributed by atoms with Crippen LogP contribution in [0.5, 0.6) is 0 Å². The molecule has 0 heterocycles. The van der Waals surface area contributed by atoms with Gasteiger partial charge < -0.3 is 9.47 Å². The first-order valence-electron chi connectivity index (χ1n) is 4.40. The maximum Gasteiger partial charge on any atom is 0.321 e. The van der Waals surface area contributed by atoms with E-state index in [0.29, 0.717) is 0 Å². The molecule has 0 rings (SSSR count). The van der Waals surface area contributed by atoms with Gasteiger partial charge in [0, 0.05) is 6.54 Å². The third-order valence-corrected chi connectivity index (χ3v) is 3.04. The van der Waals surface area contributed by atoms with Crippen LogP contribution in [-0.4, -0.2) is 58.2 Å². The molecule has 0 bridgehead atoms. The molecule has 0 atom stereocenters. The summed E-state index contributed by atoms with van der Waals surface area (Å²) in [5, 5.41) is 0. The van der Waals surface area contributed by atoms with E-state index in [4.69, 9.17) is 0 Å². The van der Waals surface area contributed by atoms with Crippen LogP contribution in [0.25, 0.3) is 0 Å². The largest absolute Gasteiger partial charge is 0.469 e. The number of sulfonamides is 1. The number of rotatable bonds is 6. The van der Waals surface area contributed by atoms with Gasteiger partial charge in [-0.1, -0.05) is 0 Å². The van der Waals surface area contributed by atoms with E-state index in [1.54, 1.807) is 0 Å². The van der Waals surface area contributed by atoms with Gasteiger partial charge in [-0.25, -0.2) is 8.42 Å². The lowest BCUT2D eigenvalue weighted by Gasteiger charge is -2.17. The van der Waals surface area contributed by atoms with E-state index in [-0.39, 0.29) is 13.0 Å². The van der Waals surface area contributed by atoms with Crippen molar-refractivity contribution < 1.29 is 27.5 Å². The molecule has 0 saturated heterocycles. The average molecular weight is 253 g/mol. The molecule has 16 heavy (non-hydrogen) atoms. The molecule has 0 aromatic rings. The number of nitrogens with zero attached hydrogens (tertiary/aromatic N) is 1. The molecule has 0 aromatic carbocycles. The lowest BCUT2D eigenvalue weighted by atomic mass is 10.4. The minimum Gasteiger partial charge on any atom is -0.469 e. The Morgan fingerprint density at radius 3 is 2.00 bits per heavy atom. The fraction of sp³-hybridized carbons (Fsp3) is 0.750. The zero-order valence-corrected chi connectivity index (χ0v) is 10.2. The molecule has 8 heteroatoms. The summed E-state index contributed by atoms with van der Waals surface area (Å²) in [6.45, 7) is -0.521. The third-order valence-electron chi connectivity index (χ3n) is 1.80. The van der Waals surface area contributed by atoms with Crippen molar-refractivity contribution >= 4 is 22.0 Å². The quantitative estimate of drug-likeness (QED) is 0.563. The summed E-state index contributed by atoms with van der Waals surface area (Å²) in [5.74, 6) is -1.23. The van der Waals surface area contributed by atoms with E-state index >= 15 is 0 Å². The summed E-state index contributed by atoms with van der Waals surface area (Å²) < 4.78 is 32.1. The SMILES string of the molecule is COC(=O)CCN(CC(=O)OC)S(C)(=O)=O. The molecule has 0 amide bonds. The maximum absolute atomic E-state index is 11.2. The van der Waals surface area contributed by atoms with Crippen molar-refractivity contribution in [3.05, 3.63) is 0 Å². The van der Waals surface area contributed by atoms with Crippen LogP contribution in [0.3, 0.4) is 0 Å². The Bertz CT molecular complexity index is 350. The average Bonchev–Trinajstić information content (AvgIpc) is 2.21. The monoisotopic (exact) mass is 253 g/mol. The van der Waals surface area contributed by atoms with Crippen molar-refractivity contribution in [2.24, 2.45) is 0 Å². The highest BCUT2D eigenvalue weighted by molar-refractivity contribution is 7.88. The Balaban J connectivity index is 4.46. The topological polar surface area (TPSA) is 90.0 Å². The molecular formula is C8H15NO6S. The summed E-state index contributed by atoms with van der Waals surface area (Å²) in [6, 6.07) is 0. The molecule has 0 radical (unpaired) electrons. The van der Waals surface area contributed by atoms with Gasteiger partial charge in [-0.15, -0.1) is 0 Å². The highest BCUT2D eigenvalue weighted by atomic mass is 32.2. The number of carbonyl (C=O) groups excluding carboxylic acids is 2. The second kappa shape index (κ2) is 6.44. The van der Waals surface area contributed by atoms with Crippen molar-refractivity contribution in [1.82, 2.24) is 4.31 Å². The molecule has 0 fully saturated rings. The zero-order chi connectivity index (χ0) is 12.8. The minimum absolute atomic E-state index is 0.111. The number of esters is 2. The molecule has 0 aliphatic heterocycles. The van der Waals surface area contributed by atoms with Crippen LogP contribution in [0.2, 0.25) is 0 Å². The Hall–Kier alpha value is -1.15. The second-order valence-corrected chi connectivity index (χ2v) is 4.98. The molecule has 0 aromatic heterocycles. The smallest absolute Gasteiger partial charge is 0.321 e. The van der Waals surface area contributed by atoms with Gasteiger partial charge in [0.15, 0.2) is 0 Å². The maximum atomic E-state index is 11.2. The number of hydrogen-bond acceptors (Lipinski definition) is 6. The number of ether oxygens (including phenoxy) is 2. The molecular weight excluding hydrogens is 238 g/mol. The highest BCUT2D eigenvalue weighted by Crippen LogP contribution is 2.01. The summed E-state index contributed by atoms with van der Waals surface area (Å²) in [5.41, 5.74) is 0. The van der Waals surface area contributed by atoms with Gasteiger partial charge in [0.2, 0.25) is 10.0 Å². The first-order valence-corrected chi connectivity index (χ1v) is 6.25. The van der Waals surface area contributed by atoms with E-state index in [2.05, 4.69) is 9.47 Å². The lowest BCUT2D eigenvalue weighted by molar-refractivity contribution is -0.143. The second-order valence-electron chi connectivity index (χ2n) is 3.00. The summed E-state index contributed by atoms with van der Waals surface area (Å²) >= 11 is 0. The summed E-state index contributed by atoms with van der Waals surface area (Å²) in [4.78, 5) is 21.8. The van der Waals surface area contributed by atoms with E-state index in [1.807, 2.05) is 0 Å². The molecule has 0 N–H and O–H groups in total. The summed E-state index contributed by atoms with van der Waals surface area (Å²) in [7, 11) is -1.19.